The lowest BCUT2D eigenvalue weighted by Crippen LogP contribution is -2.39. The van der Waals surface area contributed by atoms with Crippen molar-refractivity contribution in [1.82, 2.24) is 20.6 Å². The molecule has 2 aromatic heterocycles. The van der Waals surface area contributed by atoms with Crippen LogP contribution in [0, 0.1) is 13.8 Å². The number of nitrogens with one attached hydrogen (secondary N) is 3. The molecule has 0 saturated heterocycles. The molecule has 10 heteroatoms. The second-order valence-corrected chi connectivity index (χ2v) is 7.14. The molecule has 0 aromatic carbocycles. The van der Waals surface area contributed by atoms with Gasteiger partial charge in [0.15, 0.2) is 5.96 Å². The molecule has 3 N–H and O–H groups in total. The van der Waals surface area contributed by atoms with E-state index in [9.17, 15) is 0 Å². The van der Waals surface area contributed by atoms with Gasteiger partial charge in [0.2, 0.25) is 0 Å². The molecule has 0 radical (unpaired) electrons. The van der Waals surface area contributed by atoms with E-state index in [2.05, 4.69) is 37.8 Å². The minimum atomic E-state index is 0. The summed E-state index contributed by atoms with van der Waals surface area (Å²) in [5.74, 6) is 1.33. The number of nitrogens with zero attached hydrogens (tertiary/aromatic N) is 3. The van der Waals surface area contributed by atoms with E-state index in [-0.39, 0.29) is 24.0 Å². The fourth-order valence-corrected chi connectivity index (χ4v) is 3.22. The van der Waals surface area contributed by atoms with Gasteiger partial charge in [0, 0.05) is 31.2 Å². The van der Waals surface area contributed by atoms with Crippen LogP contribution in [0.5, 0.6) is 0 Å². The largest absolute Gasteiger partial charge is 0.367 e. The van der Waals surface area contributed by atoms with Gasteiger partial charge in [0.25, 0.3) is 0 Å². The van der Waals surface area contributed by atoms with E-state index in [4.69, 9.17) is 23.2 Å². The molecule has 0 aliphatic heterocycles. The van der Waals surface area contributed by atoms with Crippen LogP contribution in [0.4, 0.5) is 5.82 Å². The zero-order valence-electron chi connectivity index (χ0n) is 14.2. The number of guanidine groups is 1. The number of aliphatic imine (C=N–C) groups is 1. The average Bonchev–Trinajstić information content (AvgIpc) is 2.86. The van der Waals surface area contributed by atoms with Gasteiger partial charge in [0.1, 0.15) is 10.8 Å². The van der Waals surface area contributed by atoms with Gasteiger partial charge >= 0.3 is 0 Å². The number of anilines is 1. The van der Waals surface area contributed by atoms with Crippen molar-refractivity contribution in [3.8, 4) is 0 Å². The summed E-state index contributed by atoms with van der Waals surface area (Å²) in [5.41, 5.74) is 1.08. The third-order valence-electron chi connectivity index (χ3n) is 3.22. The molecule has 2 heterocycles. The fourth-order valence-electron chi connectivity index (χ4n) is 1.90. The maximum absolute atomic E-state index is 6.06. The van der Waals surface area contributed by atoms with Crippen LogP contribution >= 0.6 is 58.5 Å². The maximum Gasteiger partial charge on any atom is 0.191 e. The monoisotopic (exact) mass is 514 g/mol. The Balaban J connectivity index is 0.00000312. The third kappa shape index (κ3) is 7.12. The topological polar surface area (TPSA) is 74.2 Å². The predicted molar refractivity (Wildman–Crippen MR) is 118 cm³/mol. The smallest absolute Gasteiger partial charge is 0.191 e. The van der Waals surface area contributed by atoms with Crippen LogP contribution in [-0.4, -0.2) is 36.1 Å². The standard InChI is InChI=1S/C15H20Cl2N6S.HI/c1-9-10(2)24-13(23-9)8-22-15(18-3)20-5-4-19-14-12(17)6-11(16)7-21-14;/h6-7H,4-5,8H2,1-3H3,(H,19,21)(H2,18,20,22);1H. The van der Waals surface area contributed by atoms with E-state index in [1.54, 1.807) is 30.6 Å². The number of hydrogen-bond donors (Lipinski definition) is 3. The number of rotatable bonds is 6. The summed E-state index contributed by atoms with van der Waals surface area (Å²) >= 11 is 13.6. The lowest BCUT2D eigenvalue weighted by Gasteiger charge is -2.12. The molecule has 2 aromatic rings. The van der Waals surface area contributed by atoms with E-state index in [1.807, 2.05) is 6.92 Å². The van der Waals surface area contributed by atoms with Crippen molar-refractivity contribution in [2.45, 2.75) is 20.4 Å². The Morgan fingerprint density at radius 1 is 1.24 bits per heavy atom. The summed E-state index contributed by atoms with van der Waals surface area (Å²) in [7, 11) is 1.73. The number of aryl methyl sites for hydroxylation is 2. The number of aromatic nitrogens is 2. The van der Waals surface area contributed by atoms with Gasteiger partial charge in [-0.2, -0.15) is 0 Å². The van der Waals surface area contributed by atoms with Gasteiger partial charge in [0.05, 0.1) is 22.3 Å². The Hall–Kier alpha value is -0.840. The first kappa shape index (κ1) is 22.2. The lowest BCUT2D eigenvalue weighted by atomic mass is 10.4. The molecule has 0 bridgehead atoms. The molecule has 0 atom stereocenters. The van der Waals surface area contributed by atoms with Gasteiger partial charge < -0.3 is 16.0 Å². The molecular weight excluding hydrogens is 494 g/mol. The normalized spacial score (nSPS) is 11.0. The highest BCUT2D eigenvalue weighted by molar-refractivity contribution is 14.0. The quantitative estimate of drug-likeness (QED) is 0.236. The fraction of sp³-hybridized carbons (Fsp3) is 0.400. The van der Waals surface area contributed by atoms with Crippen molar-refractivity contribution < 1.29 is 0 Å². The molecule has 0 unspecified atom stereocenters. The zero-order chi connectivity index (χ0) is 17.5. The molecule has 0 spiro atoms. The highest BCUT2D eigenvalue weighted by Crippen LogP contribution is 2.22. The molecule has 0 aliphatic carbocycles. The first-order valence-electron chi connectivity index (χ1n) is 7.42. The van der Waals surface area contributed by atoms with Crippen molar-refractivity contribution in [3.63, 3.8) is 0 Å². The Labute approximate surface area is 178 Å². The van der Waals surface area contributed by atoms with Crippen LogP contribution in [0.1, 0.15) is 15.6 Å². The second-order valence-electron chi connectivity index (χ2n) is 5.01. The summed E-state index contributed by atoms with van der Waals surface area (Å²) < 4.78 is 0. The Kier molecular flexibility index (Phi) is 9.77. The average molecular weight is 515 g/mol. The van der Waals surface area contributed by atoms with Crippen LogP contribution in [0.3, 0.4) is 0 Å². The first-order valence-corrected chi connectivity index (χ1v) is 8.99. The molecule has 0 aliphatic rings. The SMILES string of the molecule is CN=C(NCCNc1ncc(Cl)cc1Cl)NCc1nc(C)c(C)s1.I. The van der Waals surface area contributed by atoms with Crippen LogP contribution < -0.4 is 16.0 Å². The third-order valence-corrected chi connectivity index (χ3v) is 4.79. The first-order chi connectivity index (χ1) is 11.5. The van der Waals surface area contributed by atoms with Gasteiger partial charge in [-0.15, -0.1) is 35.3 Å². The predicted octanol–water partition coefficient (Wildman–Crippen LogP) is 3.86. The highest BCUT2D eigenvalue weighted by Gasteiger charge is 2.05. The van der Waals surface area contributed by atoms with E-state index < -0.39 is 0 Å². The molecular formula is C15H21Cl2IN6S. The Bertz CT molecular complexity index is 703. The number of hydrogen-bond acceptors (Lipinski definition) is 5. The summed E-state index contributed by atoms with van der Waals surface area (Å²) in [6.45, 7) is 6.05. The summed E-state index contributed by atoms with van der Waals surface area (Å²) in [6.07, 6.45) is 1.56. The van der Waals surface area contributed by atoms with Crippen LogP contribution in [0.2, 0.25) is 10.0 Å². The van der Waals surface area contributed by atoms with E-state index in [0.717, 1.165) is 16.7 Å². The summed E-state index contributed by atoms with van der Waals surface area (Å²) in [6, 6.07) is 1.66. The van der Waals surface area contributed by atoms with Crippen LogP contribution in [0.25, 0.3) is 0 Å². The van der Waals surface area contributed by atoms with E-state index >= 15 is 0 Å². The number of pyridine rings is 1. The van der Waals surface area contributed by atoms with Crippen LogP contribution in [0.15, 0.2) is 17.3 Å². The van der Waals surface area contributed by atoms with Gasteiger partial charge in [-0.1, -0.05) is 23.2 Å². The molecule has 0 fully saturated rings. The highest BCUT2D eigenvalue weighted by atomic mass is 127. The minimum Gasteiger partial charge on any atom is -0.367 e. The summed E-state index contributed by atoms with van der Waals surface area (Å²) in [5, 5.41) is 11.7. The molecule has 2 rings (SSSR count). The molecule has 25 heavy (non-hydrogen) atoms. The molecule has 6 nitrogen and oxygen atoms in total. The van der Waals surface area contributed by atoms with Gasteiger partial charge in [-0.05, 0) is 19.9 Å². The van der Waals surface area contributed by atoms with Crippen molar-refractivity contribution in [2.75, 3.05) is 25.5 Å². The van der Waals surface area contributed by atoms with Crippen molar-refractivity contribution >= 4 is 70.3 Å². The number of halogens is 3. The van der Waals surface area contributed by atoms with Crippen molar-refractivity contribution in [2.24, 2.45) is 4.99 Å². The summed E-state index contributed by atoms with van der Waals surface area (Å²) in [4.78, 5) is 14.1. The van der Waals surface area contributed by atoms with E-state index in [0.29, 0.717) is 35.5 Å². The Morgan fingerprint density at radius 3 is 2.60 bits per heavy atom. The molecule has 138 valence electrons. The van der Waals surface area contributed by atoms with Gasteiger partial charge in [-0.3, -0.25) is 4.99 Å². The zero-order valence-corrected chi connectivity index (χ0v) is 18.8. The second kappa shape index (κ2) is 11.0. The van der Waals surface area contributed by atoms with E-state index in [1.165, 1.54) is 4.88 Å². The Morgan fingerprint density at radius 2 is 2.00 bits per heavy atom. The maximum atomic E-state index is 6.06. The van der Waals surface area contributed by atoms with Crippen molar-refractivity contribution in [3.05, 3.63) is 37.9 Å². The minimum absolute atomic E-state index is 0. The van der Waals surface area contributed by atoms with Gasteiger partial charge in [-0.25, -0.2) is 9.97 Å². The number of thiazole rings is 1. The van der Waals surface area contributed by atoms with Crippen molar-refractivity contribution in [1.29, 1.82) is 0 Å². The molecule has 0 amide bonds. The lowest BCUT2D eigenvalue weighted by molar-refractivity contribution is 0.806. The molecule has 0 saturated carbocycles. The van der Waals surface area contributed by atoms with Crippen LogP contribution in [-0.2, 0) is 6.54 Å².